The highest BCUT2D eigenvalue weighted by atomic mass is 16.2. The second-order valence-corrected chi connectivity index (χ2v) is 7.25. The molecule has 0 aliphatic carbocycles. The molecule has 1 amide bonds. The zero-order valence-electron chi connectivity index (χ0n) is 16.5. The second-order valence-electron chi connectivity index (χ2n) is 7.25. The van der Waals surface area contributed by atoms with E-state index in [0.717, 1.165) is 50.2 Å². The fourth-order valence-electron chi connectivity index (χ4n) is 3.59. The van der Waals surface area contributed by atoms with Gasteiger partial charge in [0.05, 0.1) is 11.0 Å². The summed E-state index contributed by atoms with van der Waals surface area (Å²) in [5.74, 6) is 0.514. The Labute approximate surface area is 160 Å². The van der Waals surface area contributed by atoms with Crippen LogP contribution in [0.1, 0.15) is 19.8 Å². The number of rotatable bonds is 6. The van der Waals surface area contributed by atoms with Crippen LogP contribution in [-0.2, 0) is 11.3 Å². The van der Waals surface area contributed by atoms with Crippen molar-refractivity contribution in [3.05, 3.63) is 34.6 Å². The lowest BCUT2D eigenvalue weighted by Gasteiger charge is -2.34. The third kappa shape index (κ3) is 4.30. The summed E-state index contributed by atoms with van der Waals surface area (Å²) in [6.07, 6.45) is 1.47. The molecule has 2 aromatic rings. The molecule has 1 aromatic heterocycles. The number of anilines is 1. The lowest BCUT2D eigenvalue weighted by molar-refractivity contribution is -0.133. The Hall–Kier alpha value is -2.41. The van der Waals surface area contributed by atoms with Crippen molar-refractivity contribution < 1.29 is 4.79 Å². The molecule has 0 N–H and O–H groups in total. The maximum Gasteiger partial charge on any atom is 0.293 e. The average molecular weight is 371 g/mol. The molecule has 0 unspecified atom stereocenters. The van der Waals surface area contributed by atoms with Crippen LogP contribution in [0.2, 0.25) is 0 Å². The summed E-state index contributed by atoms with van der Waals surface area (Å²) in [6, 6.07) is 7.58. The van der Waals surface area contributed by atoms with Gasteiger partial charge in [0.25, 0.3) is 5.56 Å². The first-order valence-corrected chi connectivity index (χ1v) is 9.68. The van der Waals surface area contributed by atoms with Gasteiger partial charge >= 0.3 is 0 Å². The first-order chi connectivity index (χ1) is 13.0. The Morgan fingerprint density at radius 3 is 2.48 bits per heavy atom. The molecule has 1 aromatic carbocycles. The lowest BCUT2D eigenvalue weighted by atomic mass is 10.2. The molecule has 1 fully saturated rings. The number of hydrogen-bond donors (Lipinski definition) is 0. The Balaban J connectivity index is 1.74. The molecule has 3 rings (SSSR count). The number of fused-ring (bicyclic) bond motifs is 1. The predicted molar refractivity (Wildman–Crippen MR) is 108 cm³/mol. The summed E-state index contributed by atoms with van der Waals surface area (Å²) in [5, 5.41) is 0. The fourth-order valence-corrected chi connectivity index (χ4v) is 3.59. The van der Waals surface area contributed by atoms with Crippen LogP contribution in [0.15, 0.2) is 29.1 Å². The largest absolute Gasteiger partial charge is 0.358 e. The molecule has 0 bridgehead atoms. The molecule has 7 nitrogen and oxygen atoms in total. The summed E-state index contributed by atoms with van der Waals surface area (Å²) in [7, 11) is 3.62. The molecule has 1 aliphatic heterocycles. The van der Waals surface area contributed by atoms with Crippen molar-refractivity contribution in [3.8, 4) is 0 Å². The minimum absolute atomic E-state index is 0.116. The molecule has 0 saturated carbocycles. The lowest BCUT2D eigenvalue weighted by Crippen LogP contribution is -2.49. The maximum absolute atomic E-state index is 12.9. The number of hydrogen-bond acceptors (Lipinski definition) is 5. The third-order valence-electron chi connectivity index (χ3n) is 5.07. The van der Waals surface area contributed by atoms with Crippen LogP contribution in [0, 0.1) is 0 Å². The Morgan fingerprint density at radius 1 is 1.11 bits per heavy atom. The van der Waals surface area contributed by atoms with Crippen molar-refractivity contribution in [1.82, 2.24) is 19.4 Å². The van der Waals surface area contributed by atoms with E-state index >= 15 is 0 Å². The molecule has 2 heterocycles. The number of para-hydroxylation sites is 2. The Morgan fingerprint density at radius 2 is 1.81 bits per heavy atom. The van der Waals surface area contributed by atoms with Gasteiger partial charge in [0.15, 0.2) is 5.82 Å². The molecular weight excluding hydrogens is 342 g/mol. The Bertz CT molecular complexity index is 853. The highest BCUT2D eigenvalue weighted by Crippen LogP contribution is 2.14. The van der Waals surface area contributed by atoms with Gasteiger partial charge in [-0.1, -0.05) is 19.1 Å². The zero-order chi connectivity index (χ0) is 19.4. The summed E-state index contributed by atoms with van der Waals surface area (Å²) in [5.41, 5.74) is 1.38. The van der Waals surface area contributed by atoms with Crippen LogP contribution >= 0.6 is 0 Å². The van der Waals surface area contributed by atoms with E-state index in [0.29, 0.717) is 18.8 Å². The molecule has 0 spiro atoms. The molecule has 0 radical (unpaired) electrons. The number of nitrogens with zero attached hydrogens (tertiary/aromatic N) is 5. The van der Waals surface area contributed by atoms with Gasteiger partial charge in [-0.3, -0.25) is 14.5 Å². The van der Waals surface area contributed by atoms with Gasteiger partial charge in [0.2, 0.25) is 5.91 Å². The van der Waals surface area contributed by atoms with E-state index in [9.17, 15) is 9.59 Å². The number of aromatic nitrogens is 2. The van der Waals surface area contributed by atoms with Gasteiger partial charge in [-0.15, -0.1) is 0 Å². The fraction of sp³-hybridized carbons (Fsp3) is 0.550. The highest BCUT2D eigenvalue weighted by molar-refractivity contribution is 5.78. The first kappa shape index (κ1) is 19.4. The number of aryl methyl sites for hydroxylation is 1. The van der Waals surface area contributed by atoms with Crippen molar-refractivity contribution in [2.45, 2.75) is 26.3 Å². The third-order valence-corrected chi connectivity index (χ3v) is 5.07. The number of benzene rings is 1. The topological polar surface area (TPSA) is 61.7 Å². The molecule has 7 heteroatoms. The predicted octanol–water partition coefficient (Wildman–Crippen LogP) is 1.41. The van der Waals surface area contributed by atoms with Crippen LogP contribution in [0.25, 0.3) is 11.0 Å². The van der Waals surface area contributed by atoms with Crippen LogP contribution in [0.3, 0.4) is 0 Å². The molecule has 0 atom stereocenters. The quantitative estimate of drug-likeness (QED) is 0.768. The number of carbonyl (C=O) groups is 1. The first-order valence-electron chi connectivity index (χ1n) is 9.68. The maximum atomic E-state index is 12.9. The van der Waals surface area contributed by atoms with Gasteiger partial charge in [-0.2, -0.15) is 0 Å². The molecule has 1 aliphatic rings. The van der Waals surface area contributed by atoms with E-state index in [2.05, 4.69) is 16.8 Å². The van der Waals surface area contributed by atoms with E-state index in [1.54, 1.807) is 9.47 Å². The van der Waals surface area contributed by atoms with Crippen LogP contribution in [0.5, 0.6) is 0 Å². The summed E-state index contributed by atoms with van der Waals surface area (Å²) in [4.78, 5) is 36.0. The number of amides is 1. The minimum Gasteiger partial charge on any atom is -0.358 e. The number of piperazine rings is 1. The summed E-state index contributed by atoms with van der Waals surface area (Å²) in [6.45, 7) is 7.05. The smallest absolute Gasteiger partial charge is 0.293 e. The summed E-state index contributed by atoms with van der Waals surface area (Å²) >= 11 is 0. The monoisotopic (exact) mass is 371 g/mol. The van der Waals surface area contributed by atoms with E-state index in [4.69, 9.17) is 0 Å². The molecular formula is C20H29N5O2. The van der Waals surface area contributed by atoms with Crippen molar-refractivity contribution in [3.63, 3.8) is 0 Å². The van der Waals surface area contributed by atoms with Gasteiger partial charge in [-0.25, -0.2) is 4.98 Å². The average Bonchev–Trinajstić information content (AvgIpc) is 2.67. The van der Waals surface area contributed by atoms with Gasteiger partial charge in [-0.05, 0) is 25.1 Å². The van der Waals surface area contributed by atoms with Crippen molar-refractivity contribution >= 4 is 22.8 Å². The van der Waals surface area contributed by atoms with Gasteiger partial charge < -0.3 is 14.4 Å². The zero-order valence-corrected chi connectivity index (χ0v) is 16.5. The van der Waals surface area contributed by atoms with Gasteiger partial charge in [0, 0.05) is 53.2 Å². The SMILES string of the molecule is CCCN1CCN(C(=O)CCn2c(=O)c(N(C)C)nc3ccccc32)CC1. The van der Waals surface area contributed by atoms with Crippen molar-refractivity contribution in [2.75, 3.05) is 51.7 Å². The molecule has 146 valence electrons. The van der Waals surface area contributed by atoms with E-state index in [1.807, 2.05) is 43.3 Å². The van der Waals surface area contributed by atoms with Crippen LogP contribution in [0.4, 0.5) is 5.82 Å². The van der Waals surface area contributed by atoms with E-state index < -0.39 is 0 Å². The van der Waals surface area contributed by atoms with Crippen LogP contribution in [-0.4, -0.2) is 72.1 Å². The second kappa shape index (κ2) is 8.52. The Kier molecular flexibility index (Phi) is 6.11. The van der Waals surface area contributed by atoms with Crippen molar-refractivity contribution in [2.24, 2.45) is 0 Å². The van der Waals surface area contributed by atoms with Crippen LogP contribution < -0.4 is 10.5 Å². The van der Waals surface area contributed by atoms with Crippen molar-refractivity contribution in [1.29, 1.82) is 0 Å². The normalized spacial score (nSPS) is 15.3. The summed E-state index contributed by atoms with van der Waals surface area (Å²) < 4.78 is 1.68. The highest BCUT2D eigenvalue weighted by Gasteiger charge is 2.21. The van der Waals surface area contributed by atoms with Gasteiger partial charge in [0.1, 0.15) is 0 Å². The van der Waals surface area contributed by atoms with E-state index in [1.165, 1.54) is 0 Å². The molecule has 1 saturated heterocycles. The number of carbonyl (C=O) groups excluding carboxylic acids is 1. The standard InChI is InChI=1S/C20H29N5O2/c1-4-10-23-12-14-24(15-13-23)18(26)9-11-25-17-8-6-5-7-16(17)21-19(20(25)27)22(2)3/h5-8H,4,9-15H2,1-3H3. The molecule has 27 heavy (non-hydrogen) atoms. The minimum atomic E-state index is -0.153. The van der Waals surface area contributed by atoms with E-state index in [-0.39, 0.29) is 11.5 Å².